The Morgan fingerprint density at radius 3 is 2.16 bits per heavy atom. The number of benzene rings is 3. The van der Waals surface area contributed by atoms with E-state index in [1.54, 1.807) is 12.2 Å². The number of aryl methyl sites for hydroxylation is 1. The number of allylic oxidation sites excluding steroid dienone is 2. The Morgan fingerprint density at radius 2 is 1.45 bits per heavy atom. The predicted octanol–water partition coefficient (Wildman–Crippen LogP) is 7.52. The van der Waals surface area contributed by atoms with Crippen molar-refractivity contribution in [2.75, 3.05) is 13.6 Å². The summed E-state index contributed by atoms with van der Waals surface area (Å²) in [5.41, 5.74) is 6.19. The molecule has 3 aromatic carbocycles. The zero-order valence-corrected chi connectivity index (χ0v) is 18.3. The summed E-state index contributed by atoms with van der Waals surface area (Å²) in [5, 5.41) is 1.22. The summed E-state index contributed by atoms with van der Waals surface area (Å²) in [7, 11) is 2.18. The van der Waals surface area contributed by atoms with Crippen molar-refractivity contribution in [3.05, 3.63) is 122 Å². The molecule has 31 heavy (non-hydrogen) atoms. The van der Waals surface area contributed by atoms with E-state index >= 15 is 0 Å². The van der Waals surface area contributed by atoms with Crippen LogP contribution in [0.5, 0.6) is 0 Å². The summed E-state index contributed by atoms with van der Waals surface area (Å²) in [6.07, 6.45) is 7.42. The molecule has 0 aliphatic carbocycles. The summed E-state index contributed by atoms with van der Waals surface area (Å²) in [6, 6.07) is 27.8. The Hall–Kier alpha value is -3.36. The van der Waals surface area contributed by atoms with Crippen LogP contribution in [-0.4, -0.2) is 18.5 Å². The SMILES string of the molecule is C=CC=C.CN(CCCc1ccc(-c2ccccc2)cc1)Cc1coc2ccccc12. The number of rotatable bonds is 8. The van der Waals surface area contributed by atoms with Gasteiger partial charge in [0.2, 0.25) is 0 Å². The number of para-hydroxylation sites is 1. The first-order chi connectivity index (χ1) is 15.2. The van der Waals surface area contributed by atoms with E-state index in [1.807, 2.05) is 18.4 Å². The third-order valence-electron chi connectivity index (χ3n) is 5.23. The van der Waals surface area contributed by atoms with Gasteiger partial charge in [-0.3, -0.25) is 0 Å². The maximum absolute atomic E-state index is 5.64. The Bertz CT molecular complexity index is 1070. The lowest BCUT2D eigenvalue weighted by Gasteiger charge is -2.15. The van der Waals surface area contributed by atoms with Gasteiger partial charge in [0.1, 0.15) is 5.58 Å². The summed E-state index contributed by atoms with van der Waals surface area (Å²) < 4.78 is 5.64. The number of fused-ring (bicyclic) bond motifs is 1. The second-order valence-corrected chi connectivity index (χ2v) is 7.63. The Morgan fingerprint density at radius 1 is 0.806 bits per heavy atom. The maximum Gasteiger partial charge on any atom is 0.134 e. The van der Waals surface area contributed by atoms with E-state index in [1.165, 1.54) is 27.6 Å². The highest BCUT2D eigenvalue weighted by Gasteiger charge is 2.08. The average Bonchev–Trinajstić information content (AvgIpc) is 3.23. The van der Waals surface area contributed by atoms with Crippen LogP contribution in [0.15, 0.2) is 115 Å². The fraction of sp³-hybridized carbons (Fsp3) is 0.172. The molecule has 158 valence electrons. The minimum atomic E-state index is 0.921. The molecule has 0 bridgehead atoms. The highest BCUT2D eigenvalue weighted by molar-refractivity contribution is 5.80. The third kappa shape index (κ3) is 6.56. The lowest BCUT2D eigenvalue weighted by atomic mass is 10.0. The van der Waals surface area contributed by atoms with E-state index in [-0.39, 0.29) is 0 Å². The maximum atomic E-state index is 5.64. The smallest absolute Gasteiger partial charge is 0.134 e. The largest absolute Gasteiger partial charge is 0.464 e. The molecule has 0 aliphatic rings. The fourth-order valence-electron chi connectivity index (χ4n) is 3.57. The van der Waals surface area contributed by atoms with E-state index in [0.717, 1.165) is 31.5 Å². The van der Waals surface area contributed by atoms with Gasteiger partial charge in [0.05, 0.1) is 6.26 Å². The van der Waals surface area contributed by atoms with Crippen LogP contribution in [-0.2, 0) is 13.0 Å². The molecule has 0 amide bonds. The monoisotopic (exact) mass is 409 g/mol. The number of hydrogen-bond donors (Lipinski definition) is 0. The van der Waals surface area contributed by atoms with Crippen LogP contribution >= 0.6 is 0 Å². The molecule has 0 spiro atoms. The van der Waals surface area contributed by atoms with E-state index in [9.17, 15) is 0 Å². The molecule has 0 saturated heterocycles. The highest BCUT2D eigenvalue weighted by Crippen LogP contribution is 2.22. The first-order valence-electron chi connectivity index (χ1n) is 10.7. The normalized spacial score (nSPS) is 10.5. The minimum absolute atomic E-state index is 0.921. The van der Waals surface area contributed by atoms with Crippen LogP contribution in [0.3, 0.4) is 0 Å². The molecule has 0 N–H and O–H groups in total. The van der Waals surface area contributed by atoms with Gasteiger partial charge in [0, 0.05) is 17.5 Å². The van der Waals surface area contributed by atoms with Crippen LogP contribution in [0.1, 0.15) is 17.5 Å². The minimum Gasteiger partial charge on any atom is -0.464 e. The van der Waals surface area contributed by atoms with Gasteiger partial charge < -0.3 is 9.32 Å². The van der Waals surface area contributed by atoms with Gasteiger partial charge in [0.25, 0.3) is 0 Å². The molecular formula is C29H31NO. The predicted molar refractivity (Wildman–Crippen MR) is 133 cm³/mol. The summed E-state index contributed by atoms with van der Waals surface area (Å²) in [6.45, 7) is 8.71. The molecule has 2 nitrogen and oxygen atoms in total. The van der Waals surface area contributed by atoms with Gasteiger partial charge in [-0.1, -0.05) is 98.1 Å². The summed E-state index contributed by atoms with van der Waals surface area (Å²) >= 11 is 0. The molecular weight excluding hydrogens is 378 g/mol. The van der Waals surface area contributed by atoms with Gasteiger partial charge in [0.15, 0.2) is 0 Å². The van der Waals surface area contributed by atoms with Crippen molar-refractivity contribution in [3.8, 4) is 11.1 Å². The third-order valence-corrected chi connectivity index (χ3v) is 5.23. The zero-order valence-electron chi connectivity index (χ0n) is 18.3. The topological polar surface area (TPSA) is 16.4 Å². The molecule has 1 aromatic heterocycles. The molecule has 0 unspecified atom stereocenters. The summed E-state index contributed by atoms with van der Waals surface area (Å²) in [4.78, 5) is 2.37. The average molecular weight is 410 g/mol. The van der Waals surface area contributed by atoms with Crippen LogP contribution in [0, 0.1) is 0 Å². The number of nitrogens with zero attached hydrogens (tertiary/aromatic N) is 1. The van der Waals surface area contributed by atoms with E-state index in [4.69, 9.17) is 4.42 Å². The van der Waals surface area contributed by atoms with Crippen molar-refractivity contribution in [1.29, 1.82) is 0 Å². The molecule has 0 saturated carbocycles. The molecule has 0 fully saturated rings. The molecule has 2 heteroatoms. The van der Waals surface area contributed by atoms with E-state index in [0.29, 0.717) is 0 Å². The molecule has 4 aromatic rings. The van der Waals surface area contributed by atoms with Gasteiger partial charge in [-0.25, -0.2) is 0 Å². The number of hydrogen-bond acceptors (Lipinski definition) is 2. The zero-order chi connectivity index (χ0) is 21.9. The van der Waals surface area contributed by atoms with E-state index in [2.05, 4.69) is 91.8 Å². The van der Waals surface area contributed by atoms with Crippen molar-refractivity contribution in [1.82, 2.24) is 4.90 Å². The lowest BCUT2D eigenvalue weighted by Crippen LogP contribution is -2.19. The van der Waals surface area contributed by atoms with Gasteiger partial charge in [-0.2, -0.15) is 0 Å². The second kappa shape index (κ2) is 11.7. The highest BCUT2D eigenvalue weighted by atomic mass is 16.3. The molecule has 4 rings (SSSR count). The van der Waals surface area contributed by atoms with Gasteiger partial charge in [-0.15, -0.1) is 0 Å². The lowest BCUT2D eigenvalue weighted by molar-refractivity contribution is 0.322. The number of furan rings is 1. The van der Waals surface area contributed by atoms with Crippen LogP contribution < -0.4 is 0 Å². The van der Waals surface area contributed by atoms with Crippen molar-refractivity contribution < 1.29 is 4.42 Å². The molecule has 0 atom stereocenters. The van der Waals surface area contributed by atoms with Gasteiger partial charge in [-0.05, 0) is 49.2 Å². The summed E-state index contributed by atoms with van der Waals surface area (Å²) in [5.74, 6) is 0. The first kappa shape index (κ1) is 22.3. The fourth-order valence-corrected chi connectivity index (χ4v) is 3.57. The van der Waals surface area contributed by atoms with Gasteiger partial charge >= 0.3 is 0 Å². The van der Waals surface area contributed by atoms with Crippen LogP contribution in [0.2, 0.25) is 0 Å². The van der Waals surface area contributed by atoms with Crippen molar-refractivity contribution in [3.63, 3.8) is 0 Å². The molecule has 0 aliphatic heterocycles. The van der Waals surface area contributed by atoms with Crippen LogP contribution in [0.4, 0.5) is 0 Å². The Labute approximate surface area is 186 Å². The van der Waals surface area contributed by atoms with Crippen molar-refractivity contribution >= 4 is 11.0 Å². The Kier molecular flexibility index (Phi) is 8.45. The standard InChI is InChI=1S/C25H25NO.C4H6/c1-26(18-23-19-27-25-12-6-5-11-24(23)25)17-7-8-20-13-15-22(16-14-20)21-9-3-2-4-10-21;1-3-4-2/h2-6,9-16,19H,7-8,17-18H2,1H3;3-4H,1-2H2. The molecule has 1 heterocycles. The van der Waals surface area contributed by atoms with Crippen molar-refractivity contribution in [2.45, 2.75) is 19.4 Å². The van der Waals surface area contributed by atoms with Crippen LogP contribution in [0.25, 0.3) is 22.1 Å². The van der Waals surface area contributed by atoms with Crippen molar-refractivity contribution in [2.24, 2.45) is 0 Å². The first-order valence-corrected chi connectivity index (χ1v) is 10.7. The van der Waals surface area contributed by atoms with E-state index < -0.39 is 0 Å². The Balaban J connectivity index is 0.000000628. The second-order valence-electron chi connectivity index (χ2n) is 7.63. The molecule has 0 radical (unpaired) electrons. The quantitative estimate of drug-likeness (QED) is 0.280.